The molecule has 1 aromatic carbocycles. The van der Waals surface area contributed by atoms with E-state index in [0.29, 0.717) is 11.4 Å². The number of sulfonamides is 1. The van der Waals surface area contributed by atoms with Crippen LogP contribution >= 0.6 is 0 Å². The second-order valence-electron chi connectivity index (χ2n) is 5.51. The molecule has 0 spiro atoms. The molecule has 112 valence electrons. The molecule has 0 bridgehead atoms. The summed E-state index contributed by atoms with van der Waals surface area (Å²) in [6.07, 6.45) is 4.19. The van der Waals surface area contributed by atoms with Gasteiger partial charge in [0.05, 0.1) is 4.90 Å². The Balaban J connectivity index is 2.35. The van der Waals surface area contributed by atoms with Gasteiger partial charge in [-0.05, 0) is 37.5 Å². The van der Waals surface area contributed by atoms with Gasteiger partial charge in [0.15, 0.2) is 0 Å². The molecule has 0 aromatic heterocycles. The van der Waals surface area contributed by atoms with E-state index >= 15 is 0 Å². The lowest BCUT2D eigenvalue weighted by Gasteiger charge is -2.27. The van der Waals surface area contributed by atoms with Crippen molar-refractivity contribution in [1.29, 1.82) is 0 Å². The second-order valence-corrected chi connectivity index (χ2v) is 7.40. The van der Waals surface area contributed by atoms with E-state index in [9.17, 15) is 8.42 Å². The zero-order chi connectivity index (χ0) is 14.8. The lowest BCUT2D eigenvalue weighted by atomic mass is 10.1. The van der Waals surface area contributed by atoms with Gasteiger partial charge in [-0.1, -0.05) is 31.9 Å². The van der Waals surface area contributed by atoms with Crippen LogP contribution in [0.15, 0.2) is 29.2 Å². The molecule has 2 rings (SSSR count). The molecular formula is C15H24N2O2S. The molecule has 1 aromatic rings. The Morgan fingerprint density at radius 2 is 2.00 bits per heavy atom. The van der Waals surface area contributed by atoms with Crippen LogP contribution in [0.2, 0.25) is 0 Å². The van der Waals surface area contributed by atoms with E-state index in [4.69, 9.17) is 5.73 Å². The highest BCUT2D eigenvalue weighted by Gasteiger charge is 2.32. The van der Waals surface area contributed by atoms with Crippen LogP contribution in [0.25, 0.3) is 0 Å². The van der Waals surface area contributed by atoms with Crippen molar-refractivity contribution in [2.75, 3.05) is 6.54 Å². The van der Waals surface area contributed by atoms with E-state index in [0.717, 1.165) is 31.2 Å². The molecule has 0 heterocycles. The van der Waals surface area contributed by atoms with Crippen molar-refractivity contribution in [2.24, 2.45) is 5.73 Å². The van der Waals surface area contributed by atoms with E-state index in [2.05, 4.69) is 0 Å². The molecule has 1 aliphatic rings. The molecular weight excluding hydrogens is 272 g/mol. The summed E-state index contributed by atoms with van der Waals surface area (Å²) >= 11 is 0. The molecule has 0 amide bonds. The van der Waals surface area contributed by atoms with Crippen LogP contribution in [-0.4, -0.2) is 25.3 Å². The van der Waals surface area contributed by atoms with Gasteiger partial charge >= 0.3 is 0 Å². The van der Waals surface area contributed by atoms with Crippen molar-refractivity contribution in [3.8, 4) is 0 Å². The van der Waals surface area contributed by atoms with Crippen molar-refractivity contribution >= 4 is 10.0 Å². The Morgan fingerprint density at radius 1 is 1.35 bits per heavy atom. The highest BCUT2D eigenvalue weighted by atomic mass is 32.2. The zero-order valence-corrected chi connectivity index (χ0v) is 13.1. The zero-order valence-electron chi connectivity index (χ0n) is 12.2. The predicted octanol–water partition coefficient (Wildman–Crippen LogP) is 2.66. The molecule has 2 N–H and O–H groups in total. The molecule has 5 heteroatoms. The number of rotatable bonds is 5. The van der Waals surface area contributed by atoms with Crippen LogP contribution in [0.1, 0.15) is 51.1 Å². The van der Waals surface area contributed by atoms with Crippen LogP contribution < -0.4 is 5.73 Å². The fourth-order valence-corrected chi connectivity index (χ4v) is 4.66. The van der Waals surface area contributed by atoms with Gasteiger partial charge in [-0.3, -0.25) is 0 Å². The normalized spacial score (nSPS) is 18.6. The highest BCUT2D eigenvalue weighted by Crippen LogP contribution is 2.29. The molecule has 1 unspecified atom stereocenters. The number of nitrogens with two attached hydrogens (primary N) is 1. The average Bonchev–Trinajstić information content (AvgIpc) is 2.93. The molecule has 1 atom stereocenters. The van der Waals surface area contributed by atoms with Gasteiger partial charge in [-0.2, -0.15) is 4.31 Å². The van der Waals surface area contributed by atoms with E-state index in [1.165, 1.54) is 0 Å². The lowest BCUT2D eigenvalue weighted by Crippen LogP contribution is -2.38. The fourth-order valence-electron chi connectivity index (χ4n) is 2.91. The van der Waals surface area contributed by atoms with E-state index < -0.39 is 10.0 Å². The monoisotopic (exact) mass is 296 g/mol. The van der Waals surface area contributed by atoms with Crippen LogP contribution in [0.5, 0.6) is 0 Å². The fraction of sp³-hybridized carbons (Fsp3) is 0.600. The average molecular weight is 296 g/mol. The van der Waals surface area contributed by atoms with Crippen LogP contribution in [-0.2, 0) is 10.0 Å². The Bertz CT molecular complexity index is 549. The summed E-state index contributed by atoms with van der Waals surface area (Å²) in [7, 11) is -3.41. The van der Waals surface area contributed by atoms with E-state index in [1.807, 2.05) is 19.9 Å². The minimum atomic E-state index is -3.41. The van der Waals surface area contributed by atoms with Crippen molar-refractivity contribution in [1.82, 2.24) is 4.31 Å². The third kappa shape index (κ3) is 3.05. The highest BCUT2D eigenvalue weighted by molar-refractivity contribution is 7.89. The summed E-state index contributed by atoms with van der Waals surface area (Å²) in [4.78, 5) is 0.362. The summed E-state index contributed by atoms with van der Waals surface area (Å²) in [5, 5.41) is 0. The minimum Gasteiger partial charge on any atom is -0.324 e. The van der Waals surface area contributed by atoms with Gasteiger partial charge in [0.2, 0.25) is 10.0 Å². The smallest absolute Gasteiger partial charge is 0.243 e. The summed E-state index contributed by atoms with van der Waals surface area (Å²) in [5.41, 5.74) is 6.70. The Hall–Kier alpha value is -0.910. The maximum absolute atomic E-state index is 12.8. The van der Waals surface area contributed by atoms with Gasteiger partial charge in [0.1, 0.15) is 0 Å². The first-order chi connectivity index (χ1) is 9.46. The van der Waals surface area contributed by atoms with E-state index in [-0.39, 0.29) is 12.1 Å². The van der Waals surface area contributed by atoms with Crippen molar-refractivity contribution in [3.63, 3.8) is 0 Å². The number of hydrogen-bond acceptors (Lipinski definition) is 3. The Morgan fingerprint density at radius 3 is 2.55 bits per heavy atom. The molecule has 1 saturated carbocycles. The van der Waals surface area contributed by atoms with E-state index in [1.54, 1.807) is 22.5 Å². The summed E-state index contributed by atoms with van der Waals surface area (Å²) in [5.74, 6) is 0. The van der Waals surface area contributed by atoms with Gasteiger partial charge in [-0.15, -0.1) is 0 Å². The third-order valence-electron chi connectivity index (χ3n) is 4.03. The standard InChI is InChI=1S/C15H24N2O2S/c1-3-17(14-8-4-5-9-14)20(18,19)15-10-6-7-13(11-15)12(2)16/h6-7,10-12,14H,3-5,8-9,16H2,1-2H3. The van der Waals surface area contributed by atoms with Crippen molar-refractivity contribution in [2.45, 2.75) is 56.5 Å². The molecule has 0 radical (unpaired) electrons. The maximum Gasteiger partial charge on any atom is 0.243 e. The summed E-state index contributed by atoms with van der Waals surface area (Å²) < 4.78 is 27.3. The van der Waals surface area contributed by atoms with Crippen molar-refractivity contribution < 1.29 is 8.42 Å². The third-order valence-corrected chi connectivity index (χ3v) is 6.06. The molecule has 20 heavy (non-hydrogen) atoms. The van der Waals surface area contributed by atoms with Crippen LogP contribution in [0, 0.1) is 0 Å². The predicted molar refractivity (Wildman–Crippen MR) is 80.9 cm³/mol. The molecule has 0 saturated heterocycles. The SMILES string of the molecule is CCN(C1CCCC1)S(=O)(=O)c1cccc(C(C)N)c1. The van der Waals surface area contributed by atoms with Gasteiger partial charge in [-0.25, -0.2) is 8.42 Å². The largest absolute Gasteiger partial charge is 0.324 e. The summed E-state index contributed by atoms with van der Waals surface area (Å²) in [6, 6.07) is 7.01. The summed E-state index contributed by atoms with van der Waals surface area (Å²) in [6.45, 7) is 4.29. The first-order valence-corrected chi connectivity index (χ1v) is 8.78. The first kappa shape index (κ1) is 15.5. The van der Waals surface area contributed by atoms with Gasteiger partial charge in [0, 0.05) is 18.6 Å². The quantitative estimate of drug-likeness (QED) is 0.908. The molecule has 4 nitrogen and oxygen atoms in total. The second kappa shape index (κ2) is 6.24. The molecule has 1 aliphatic carbocycles. The van der Waals surface area contributed by atoms with Crippen molar-refractivity contribution in [3.05, 3.63) is 29.8 Å². The lowest BCUT2D eigenvalue weighted by molar-refractivity contribution is 0.335. The number of hydrogen-bond donors (Lipinski definition) is 1. The first-order valence-electron chi connectivity index (χ1n) is 7.34. The van der Waals surface area contributed by atoms with Crippen LogP contribution in [0.3, 0.4) is 0 Å². The van der Waals surface area contributed by atoms with Gasteiger partial charge < -0.3 is 5.73 Å². The van der Waals surface area contributed by atoms with Gasteiger partial charge in [0.25, 0.3) is 0 Å². The Kier molecular flexibility index (Phi) is 4.83. The molecule has 0 aliphatic heterocycles. The maximum atomic E-state index is 12.8. The topological polar surface area (TPSA) is 63.4 Å². The molecule has 1 fully saturated rings. The number of nitrogens with zero attached hydrogens (tertiary/aromatic N) is 1. The number of benzene rings is 1. The minimum absolute atomic E-state index is 0.156. The Labute approximate surface area is 122 Å². The van der Waals surface area contributed by atoms with Crippen LogP contribution in [0.4, 0.5) is 0 Å².